The average molecular weight is 348 g/mol. The van der Waals surface area contributed by atoms with Crippen LogP contribution in [-0.4, -0.2) is 41.9 Å². The first-order valence-corrected chi connectivity index (χ1v) is 7.80. The number of hydrogen-bond acceptors (Lipinski definition) is 7. The molecule has 2 N–H and O–H groups in total. The number of aromatic nitrogens is 2. The first-order chi connectivity index (χ1) is 12.1. The predicted octanol–water partition coefficient (Wildman–Crippen LogP) is 1.30. The summed E-state index contributed by atoms with van der Waals surface area (Å²) in [7, 11) is 0. The first kappa shape index (κ1) is 18.2. The predicted molar refractivity (Wildman–Crippen MR) is 88.4 cm³/mol. The second kappa shape index (κ2) is 9.26. The molecule has 0 fully saturated rings. The number of carbonyl (C=O) groups excluding carboxylic acids is 2. The summed E-state index contributed by atoms with van der Waals surface area (Å²) in [4.78, 5) is 23.1. The van der Waals surface area contributed by atoms with Gasteiger partial charge < -0.3 is 20.1 Å². The van der Waals surface area contributed by atoms with Gasteiger partial charge >= 0.3 is 0 Å². The van der Waals surface area contributed by atoms with E-state index >= 15 is 0 Å². The maximum absolute atomic E-state index is 11.7. The Bertz CT molecular complexity index is 716. The van der Waals surface area contributed by atoms with E-state index < -0.39 is 0 Å². The SMILES string of the molecule is CCC(=O)Nc1cccc(OCC(=O)NCCOc2nonc2C)c1. The topological polar surface area (TPSA) is 116 Å². The maximum atomic E-state index is 11.7. The summed E-state index contributed by atoms with van der Waals surface area (Å²) in [5.74, 6) is 0.412. The molecule has 2 aromatic rings. The van der Waals surface area contributed by atoms with Crippen LogP contribution in [-0.2, 0) is 9.59 Å². The Morgan fingerprint density at radius 1 is 1.20 bits per heavy atom. The van der Waals surface area contributed by atoms with E-state index in [9.17, 15) is 9.59 Å². The molecule has 2 rings (SSSR count). The van der Waals surface area contributed by atoms with Gasteiger partial charge in [-0.3, -0.25) is 9.59 Å². The van der Waals surface area contributed by atoms with Crippen molar-refractivity contribution >= 4 is 17.5 Å². The highest BCUT2D eigenvalue weighted by molar-refractivity contribution is 5.90. The smallest absolute Gasteiger partial charge is 0.278 e. The van der Waals surface area contributed by atoms with Crippen molar-refractivity contribution in [1.82, 2.24) is 15.6 Å². The molecule has 0 aliphatic rings. The van der Waals surface area contributed by atoms with Crippen LogP contribution in [0.1, 0.15) is 19.0 Å². The van der Waals surface area contributed by atoms with Gasteiger partial charge in [-0.05, 0) is 24.2 Å². The van der Waals surface area contributed by atoms with Gasteiger partial charge in [0.2, 0.25) is 5.91 Å². The van der Waals surface area contributed by atoms with Crippen molar-refractivity contribution in [3.63, 3.8) is 0 Å². The summed E-state index contributed by atoms with van der Waals surface area (Å²) in [5.41, 5.74) is 1.17. The molecule has 2 amide bonds. The molecule has 0 atom stereocenters. The van der Waals surface area contributed by atoms with Gasteiger partial charge in [0.25, 0.3) is 11.8 Å². The fourth-order valence-corrected chi connectivity index (χ4v) is 1.81. The van der Waals surface area contributed by atoms with E-state index in [0.717, 1.165) is 0 Å². The average Bonchev–Trinajstić information content (AvgIpc) is 3.02. The third kappa shape index (κ3) is 6.13. The zero-order valence-electron chi connectivity index (χ0n) is 14.1. The number of amides is 2. The van der Waals surface area contributed by atoms with Gasteiger partial charge in [-0.25, -0.2) is 4.63 Å². The first-order valence-electron chi connectivity index (χ1n) is 7.80. The van der Waals surface area contributed by atoms with Gasteiger partial charge in [0, 0.05) is 18.2 Å². The van der Waals surface area contributed by atoms with Crippen LogP contribution in [0, 0.1) is 6.92 Å². The Labute approximate surface area is 144 Å². The third-order valence-corrected chi connectivity index (χ3v) is 3.08. The Morgan fingerprint density at radius 2 is 2.04 bits per heavy atom. The highest BCUT2D eigenvalue weighted by Gasteiger charge is 2.07. The molecular weight excluding hydrogens is 328 g/mol. The van der Waals surface area contributed by atoms with Crippen LogP contribution in [0.25, 0.3) is 0 Å². The Hall–Kier alpha value is -3.10. The Kier molecular flexibility index (Phi) is 6.76. The molecule has 1 heterocycles. The monoisotopic (exact) mass is 348 g/mol. The summed E-state index contributed by atoms with van der Waals surface area (Å²) >= 11 is 0. The quantitative estimate of drug-likeness (QED) is 0.656. The zero-order chi connectivity index (χ0) is 18.1. The summed E-state index contributed by atoms with van der Waals surface area (Å²) in [6.07, 6.45) is 0.388. The van der Waals surface area contributed by atoms with Crippen LogP contribution in [0.15, 0.2) is 28.9 Å². The fourth-order valence-electron chi connectivity index (χ4n) is 1.81. The van der Waals surface area contributed by atoms with Crippen molar-refractivity contribution in [2.45, 2.75) is 20.3 Å². The van der Waals surface area contributed by atoms with Gasteiger partial charge in [-0.2, -0.15) is 0 Å². The third-order valence-electron chi connectivity index (χ3n) is 3.08. The van der Waals surface area contributed by atoms with Crippen molar-refractivity contribution in [1.29, 1.82) is 0 Å². The fraction of sp³-hybridized carbons (Fsp3) is 0.375. The van der Waals surface area contributed by atoms with Crippen LogP contribution in [0.2, 0.25) is 0 Å². The minimum absolute atomic E-state index is 0.0903. The molecule has 0 unspecified atom stereocenters. The molecule has 0 saturated heterocycles. The molecular formula is C16H20N4O5. The van der Waals surface area contributed by atoms with Crippen LogP contribution >= 0.6 is 0 Å². The van der Waals surface area contributed by atoms with E-state index in [1.807, 2.05) is 0 Å². The molecule has 0 aliphatic heterocycles. The van der Waals surface area contributed by atoms with Crippen molar-refractivity contribution < 1.29 is 23.7 Å². The van der Waals surface area contributed by atoms with Gasteiger partial charge in [-0.15, -0.1) is 0 Å². The number of nitrogens with one attached hydrogen (secondary N) is 2. The van der Waals surface area contributed by atoms with Crippen molar-refractivity contribution in [3.05, 3.63) is 30.0 Å². The van der Waals surface area contributed by atoms with Crippen molar-refractivity contribution in [3.8, 4) is 11.6 Å². The standard InChI is InChI=1S/C16H20N4O5/c1-3-14(21)18-12-5-4-6-13(9-12)24-10-15(22)17-7-8-23-16-11(2)19-25-20-16/h4-6,9H,3,7-8,10H2,1-2H3,(H,17,22)(H,18,21). The number of carbonyl (C=O) groups is 2. The van der Waals surface area contributed by atoms with E-state index in [-0.39, 0.29) is 25.0 Å². The van der Waals surface area contributed by atoms with E-state index in [1.165, 1.54) is 0 Å². The van der Waals surface area contributed by atoms with E-state index in [2.05, 4.69) is 25.6 Å². The number of rotatable bonds is 9. The zero-order valence-corrected chi connectivity index (χ0v) is 14.1. The highest BCUT2D eigenvalue weighted by atomic mass is 16.6. The number of anilines is 1. The summed E-state index contributed by atoms with van der Waals surface area (Å²) in [6, 6.07) is 6.85. The van der Waals surface area contributed by atoms with Crippen LogP contribution in [0.5, 0.6) is 11.6 Å². The van der Waals surface area contributed by atoms with Crippen molar-refractivity contribution in [2.75, 3.05) is 25.1 Å². The van der Waals surface area contributed by atoms with E-state index in [1.54, 1.807) is 38.1 Å². The summed E-state index contributed by atoms with van der Waals surface area (Å²) < 4.78 is 15.2. The lowest BCUT2D eigenvalue weighted by molar-refractivity contribution is -0.123. The van der Waals surface area contributed by atoms with Gasteiger partial charge in [0.15, 0.2) is 6.61 Å². The normalized spacial score (nSPS) is 10.2. The van der Waals surface area contributed by atoms with Gasteiger partial charge in [-0.1, -0.05) is 18.1 Å². The molecule has 1 aromatic carbocycles. The minimum atomic E-state index is -0.290. The molecule has 9 nitrogen and oxygen atoms in total. The number of nitrogens with zero attached hydrogens (tertiary/aromatic N) is 2. The minimum Gasteiger partial charge on any atom is -0.484 e. The lowest BCUT2D eigenvalue weighted by Crippen LogP contribution is -2.32. The molecule has 0 bridgehead atoms. The van der Waals surface area contributed by atoms with Crippen molar-refractivity contribution in [2.24, 2.45) is 0 Å². The number of hydrogen-bond donors (Lipinski definition) is 2. The maximum Gasteiger partial charge on any atom is 0.278 e. The largest absolute Gasteiger partial charge is 0.484 e. The van der Waals surface area contributed by atoms with Crippen LogP contribution in [0.4, 0.5) is 5.69 Å². The lowest BCUT2D eigenvalue weighted by Gasteiger charge is -2.09. The number of aryl methyl sites for hydroxylation is 1. The molecule has 0 aliphatic carbocycles. The van der Waals surface area contributed by atoms with Crippen LogP contribution in [0.3, 0.4) is 0 Å². The molecule has 134 valence electrons. The lowest BCUT2D eigenvalue weighted by atomic mass is 10.3. The molecule has 0 saturated carbocycles. The van der Waals surface area contributed by atoms with Gasteiger partial charge in [0.05, 0.1) is 6.54 Å². The molecule has 0 radical (unpaired) electrons. The number of benzene rings is 1. The number of ether oxygens (including phenoxy) is 2. The summed E-state index contributed by atoms with van der Waals surface area (Å²) in [6.45, 7) is 3.86. The molecule has 1 aromatic heterocycles. The second-order valence-corrected chi connectivity index (χ2v) is 5.07. The molecule has 0 spiro atoms. The van der Waals surface area contributed by atoms with E-state index in [4.69, 9.17) is 9.47 Å². The molecule has 25 heavy (non-hydrogen) atoms. The Morgan fingerprint density at radius 3 is 2.76 bits per heavy atom. The summed E-state index contributed by atoms with van der Waals surface area (Å²) in [5, 5.41) is 12.5. The second-order valence-electron chi connectivity index (χ2n) is 5.07. The Balaban J connectivity index is 1.68. The van der Waals surface area contributed by atoms with Gasteiger partial charge in [0.1, 0.15) is 18.1 Å². The van der Waals surface area contributed by atoms with Crippen LogP contribution < -0.4 is 20.1 Å². The molecule has 9 heteroatoms. The van der Waals surface area contributed by atoms with E-state index in [0.29, 0.717) is 36.0 Å². The highest BCUT2D eigenvalue weighted by Crippen LogP contribution is 2.17.